The molecule has 1 rings (SSSR count). The molecule has 0 aliphatic rings. The van der Waals surface area contributed by atoms with Gasteiger partial charge >= 0.3 is 0 Å². The van der Waals surface area contributed by atoms with E-state index in [1.54, 1.807) is 0 Å². The van der Waals surface area contributed by atoms with E-state index in [4.69, 9.17) is 21.1 Å². The summed E-state index contributed by atoms with van der Waals surface area (Å²) in [5.41, 5.74) is 1.16. The van der Waals surface area contributed by atoms with E-state index in [0.717, 1.165) is 18.7 Å². The molecule has 0 aromatic heterocycles. The van der Waals surface area contributed by atoms with Crippen molar-refractivity contribution in [3.63, 3.8) is 0 Å². The van der Waals surface area contributed by atoms with Gasteiger partial charge in [0.1, 0.15) is 12.4 Å². The molecule has 4 heteroatoms. The van der Waals surface area contributed by atoms with Crippen LogP contribution in [0.5, 0.6) is 5.75 Å². The molecule has 0 bridgehead atoms. The molecule has 0 spiro atoms. The summed E-state index contributed by atoms with van der Waals surface area (Å²) in [6.45, 7) is 11.2. The van der Waals surface area contributed by atoms with Gasteiger partial charge in [0.25, 0.3) is 0 Å². The van der Waals surface area contributed by atoms with E-state index in [1.165, 1.54) is 0 Å². The van der Waals surface area contributed by atoms with Gasteiger partial charge in [-0.05, 0) is 23.6 Å². The Morgan fingerprint density at radius 1 is 1.15 bits per heavy atom. The number of hydrogen-bond donors (Lipinski definition) is 1. The third-order valence-electron chi connectivity index (χ3n) is 2.65. The first-order valence-corrected chi connectivity index (χ1v) is 7.59. The Morgan fingerprint density at radius 2 is 1.90 bits per heavy atom. The van der Waals surface area contributed by atoms with Gasteiger partial charge in [-0.15, -0.1) is 0 Å². The van der Waals surface area contributed by atoms with Gasteiger partial charge in [-0.3, -0.25) is 0 Å². The Hall–Kier alpha value is -0.770. The number of nitrogens with one attached hydrogen (secondary N) is 1. The number of benzene rings is 1. The monoisotopic (exact) mass is 299 g/mol. The van der Waals surface area contributed by atoms with Crippen LogP contribution in [0, 0.1) is 5.92 Å². The van der Waals surface area contributed by atoms with Crippen LogP contribution in [0.25, 0.3) is 0 Å². The highest BCUT2D eigenvalue weighted by Gasteiger charge is 2.04. The second kappa shape index (κ2) is 9.22. The molecule has 0 atom stereocenters. The summed E-state index contributed by atoms with van der Waals surface area (Å²) in [5, 5.41) is 4.01. The summed E-state index contributed by atoms with van der Waals surface area (Å²) >= 11 is 6.21. The van der Waals surface area contributed by atoms with E-state index in [2.05, 4.69) is 33.0 Å². The van der Waals surface area contributed by atoms with Crippen molar-refractivity contribution in [3.05, 3.63) is 28.8 Å². The predicted molar refractivity (Wildman–Crippen MR) is 84.6 cm³/mol. The van der Waals surface area contributed by atoms with Crippen molar-refractivity contribution in [2.24, 2.45) is 5.92 Å². The largest absolute Gasteiger partial charge is 0.490 e. The zero-order valence-corrected chi connectivity index (χ0v) is 13.7. The molecular weight excluding hydrogens is 274 g/mol. The second-order valence-electron chi connectivity index (χ2n) is 5.62. The normalized spacial score (nSPS) is 11.3. The van der Waals surface area contributed by atoms with Gasteiger partial charge in [0, 0.05) is 19.2 Å². The lowest BCUT2D eigenvalue weighted by molar-refractivity contribution is 0.0819. The average molecular weight is 300 g/mol. The maximum atomic E-state index is 6.21. The van der Waals surface area contributed by atoms with Crippen molar-refractivity contribution < 1.29 is 9.47 Å². The lowest BCUT2D eigenvalue weighted by Crippen LogP contribution is -2.21. The van der Waals surface area contributed by atoms with E-state index < -0.39 is 0 Å². The Kier molecular flexibility index (Phi) is 7.97. The van der Waals surface area contributed by atoms with Crippen molar-refractivity contribution in [2.45, 2.75) is 40.3 Å². The molecule has 0 fully saturated rings. The lowest BCUT2D eigenvalue weighted by Gasteiger charge is -2.12. The topological polar surface area (TPSA) is 30.5 Å². The molecule has 0 saturated heterocycles. The summed E-state index contributed by atoms with van der Waals surface area (Å²) < 4.78 is 11.1. The van der Waals surface area contributed by atoms with Crippen LogP contribution in [-0.4, -0.2) is 25.9 Å². The Morgan fingerprint density at radius 3 is 2.50 bits per heavy atom. The van der Waals surface area contributed by atoms with Crippen molar-refractivity contribution >= 4 is 11.6 Å². The van der Waals surface area contributed by atoms with Crippen LogP contribution in [-0.2, 0) is 11.3 Å². The molecule has 0 amide bonds. The quantitative estimate of drug-likeness (QED) is 0.702. The van der Waals surface area contributed by atoms with E-state index >= 15 is 0 Å². The van der Waals surface area contributed by atoms with Gasteiger partial charge in [-0.2, -0.15) is 0 Å². The van der Waals surface area contributed by atoms with Crippen molar-refractivity contribution in [2.75, 3.05) is 19.8 Å². The first-order valence-electron chi connectivity index (χ1n) is 7.21. The van der Waals surface area contributed by atoms with Gasteiger partial charge in [-0.1, -0.05) is 45.4 Å². The highest BCUT2D eigenvalue weighted by atomic mass is 35.5. The summed E-state index contributed by atoms with van der Waals surface area (Å²) in [7, 11) is 0. The zero-order valence-electron chi connectivity index (χ0n) is 12.9. The summed E-state index contributed by atoms with van der Waals surface area (Å²) in [6, 6.07) is 6.36. The van der Waals surface area contributed by atoms with Gasteiger partial charge in [0.05, 0.1) is 11.6 Å². The molecule has 1 N–H and O–H groups in total. The first kappa shape index (κ1) is 17.3. The average Bonchev–Trinajstić information content (AvgIpc) is 2.37. The summed E-state index contributed by atoms with van der Waals surface area (Å²) in [6.07, 6.45) is 0. The number of halogens is 1. The molecule has 0 heterocycles. The molecule has 0 radical (unpaired) electrons. The molecule has 20 heavy (non-hydrogen) atoms. The molecule has 0 aliphatic heterocycles. The summed E-state index contributed by atoms with van der Waals surface area (Å²) in [5.74, 6) is 1.26. The minimum atomic E-state index is 0.461. The minimum absolute atomic E-state index is 0.461. The molecule has 1 aromatic rings. The van der Waals surface area contributed by atoms with Crippen molar-refractivity contribution in [1.29, 1.82) is 0 Å². The van der Waals surface area contributed by atoms with E-state index in [-0.39, 0.29) is 0 Å². The minimum Gasteiger partial charge on any atom is -0.490 e. The lowest BCUT2D eigenvalue weighted by atomic mass is 10.2. The van der Waals surface area contributed by atoms with E-state index in [0.29, 0.717) is 35.9 Å². The van der Waals surface area contributed by atoms with Crippen LogP contribution in [0.1, 0.15) is 33.3 Å². The van der Waals surface area contributed by atoms with Crippen LogP contribution in [0.4, 0.5) is 0 Å². The smallest absolute Gasteiger partial charge is 0.138 e. The second-order valence-corrected chi connectivity index (χ2v) is 6.02. The molecule has 0 saturated carbocycles. The van der Waals surface area contributed by atoms with Crippen LogP contribution in [0.3, 0.4) is 0 Å². The van der Waals surface area contributed by atoms with Crippen LogP contribution in [0.2, 0.25) is 5.02 Å². The first-order chi connectivity index (χ1) is 9.49. The van der Waals surface area contributed by atoms with E-state index in [9.17, 15) is 0 Å². The maximum absolute atomic E-state index is 6.21. The fraction of sp³-hybridized carbons (Fsp3) is 0.625. The Balaban J connectivity index is 2.36. The van der Waals surface area contributed by atoms with Gasteiger partial charge < -0.3 is 14.8 Å². The van der Waals surface area contributed by atoms with Crippen LogP contribution >= 0.6 is 11.6 Å². The Bertz CT molecular complexity index is 394. The molecule has 0 aliphatic carbocycles. The SMILES string of the molecule is CC(C)COCCOc1ccc(CNC(C)C)cc1Cl. The van der Waals surface area contributed by atoms with Crippen LogP contribution in [0.15, 0.2) is 18.2 Å². The summed E-state index contributed by atoms with van der Waals surface area (Å²) in [4.78, 5) is 0. The highest BCUT2D eigenvalue weighted by molar-refractivity contribution is 6.32. The molecule has 114 valence electrons. The Labute approximate surface area is 127 Å². The molecule has 3 nitrogen and oxygen atoms in total. The van der Waals surface area contributed by atoms with E-state index in [1.807, 2.05) is 18.2 Å². The number of rotatable bonds is 9. The van der Waals surface area contributed by atoms with Gasteiger partial charge in [0.15, 0.2) is 0 Å². The number of hydrogen-bond acceptors (Lipinski definition) is 3. The van der Waals surface area contributed by atoms with Gasteiger partial charge in [-0.25, -0.2) is 0 Å². The third-order valence-corrected chi connectivity index (χ3v) is 2.94. The fourth-order valence-electron chi connectivity index (χ4n) is 1.62. The van der Waals surface area contributed by atoms with Crippen molar-refractivity contribution in [1.82, 2.24) is 5.32 Å². The standard InChI is InChI=1S/C16H26ClNO2/c1-12(2)11-19-7-8-20-16-6-5-14(9-15(16)17)10-18-13(3)4/h5-6,9,12-13,18H,7-8,10-11H2,1-4H3. The van der Waals surface area contributed by atoms with Gasteiger partial charge in [0.2, 0.25) is 0 Å². The highest BCUT2D eigenvalue weighted by Crippen LogP contribution is 2.25. The molecule has 0 unspecified atom stereocenters. The molecule has 1 aromatic carbocycles. The maximum Gasteiger partial charge on any atom is 0.138 e. The fourth-order valence-corrected chi connectivity index (χ4v) is 1.88. The molecular formula is C16H26ClNO2. The van der Waals surface area contributed by atoms with Crippen molar-refractivity contribution in [3.8, 4) is 5.75 Å². The zero-order chi connectivity index (χ0) is 15.0. The number of ether oxygens (including phenoxy) is 2. The third kappa shape index (κ3) is 7.13. The van der Waals surface area contributed by atoms with Crippen LogP contribution < -0.4 is 10.1 Å². The predicted octanol–water partition coefficient (Wildman–Crippen LogP) is 3.89.